The Morgan fingerprint density at radius 3 is 1.67 bits per heavy atom. The van der Waals surface area contributed by atoms with Crippen LogP contribution in [0.5, 0.6) is 17.4 Å². The summed E-state index contributed by atoms with van der Waals surface area (Å²) in [5, 5.41) is 8.45. The second kappa shape index (κ2) is 18.9. The van der Waals surface area contributed by atoms with E-state index in [0.29, 0.717) is 30.2 Å². The van der Waals surface area contributed by atoms with Crippen LogP contribution in [0.4, 0.5) is 16.0 Å². The van der Waals surface area contributed by atoms with Gasteiger partial charge in [-0.05, 0) is 69.9 Å². The van der Waals surface area contributed by atoms with E-state index in [9.17, 15) is 9.18 Å². The fourth-order valence-corrected chi connectivity index (χ4v) is 3.32. The molecular formula is C30H33ClFN5O5. The van der Waals surface area contributed by atoms with Gasteiger partial charge in [0.2, 0.25) is 5.88 Å². The molecule has 3 saturated carbocycles. The van der Waals surface area contributed by atoms with Crippen LogP contribution in [0.3, 0.4) is 0 Å². The highest BCUT2D eigenvalue weighted by Gasteiger charge is 2.20. The van der Waals surface area contributed by atoms with Crippen molar-refractivity contribution < 1.29 is 28.5 Å². The molecule has 10 nitrogen and oxygen atoms in total. The minimum absolute atomic E-state index is 0. The first-order chi connectivity index (χ1) is 20.0. The van der Waals surface area contributed by atoms with Crippen molar-refractivity contribution in [1.82, 2.24) is 15.0 Å². The van der Waals surface area contributed by atoms with Gasteiger partial charge in [0.1, 0.15) is 29.7 Å². The SMILES string of the molecule is Cl.O=COc1cc(OC2CCC2)ccn1.OC1CCC1.[C-]#[N+]c1cc(F)ccn1.[C-]#[N+]c1cc(OC2CCC2)ccn1. The van der Waals surface area contributed by atoms with Crippen molar-refractivity contribution >= 4 is 30.5 Å². The summed E-state index contributed by atoms with van der Waals surface area (Å²) in [5.74, 6) is 1.83. The van der Waals surface area contributed by atoms with Crippen molar-refractivity contribution in [2.75, 3.05) is 0 Å². The number of carbonyl (C=O) groups is 1. The van der Waals surface area contributed by atoms with Gasteiger partial charge in [-0.3, -0.25) is 4.79 Å². The third-order valence-corrected chi connectivity index (χ3v) is 6.31. The Kier molecular flexibility index (Phi) is 15.3. The number of aromatic nitrogens is 3. The van der Waals surface area contributed by atoms with Gasteiger partial charge in [-0.25, -0.2) is 9.37 Å². The summed E-state index contributed by atoms with van der Waals surface area (Å²) in [6.45, 7) is 13.6. The molecule has 0 unspecified atom stereocenters. The Labute approximate surface area is 250 Å². The second-order valence-electron chi connectivity index (χ2n) is 9.38. The van der Waals surface area contributed by atoms with Gasteiger partial charge in [0.25, 0.3) is 18.1 Å². The molecule has 3 heterocycles. The summed E-state index contributed by atoms with van der Waals surface area (Å²) >= 11 is 0. The van der Waals surface area contributed by atoms with Crippen LogP contribution >= 0.6 is 12.4 Å². The van der Waals surface area contributed by atoms with Crippen LogP contribution in [-0.2, 0) is 4.79 Å². The Morgan fingerprint density at radius 1 is 0.786 bits per heavy atom. The molecule has 3 aliphatic rings. The topological polar surface area (TPSA) is 112 Å². The van der Waals surface area contributed by atoms with Crippen molar-refractivity contribution in [3.63, 3.8) is 0 Å². The molecule has 0 spiro atoms. The molecule has 0 saturated heterocycles. The number of hydrogen-bond acceptors (Lipinski definition) is 8. The van der Waals surface area contributed by atoms with Crippen LogP contribution in [0.15, 0.2) is 55.0 Å². The Morgan fingerprint density at radius 2 is 1.26 bits per heavy atom. The van der Waals surface area contributed by atoms with Crippen LogP contribution in [-0.4, -0.2) is 44.8 Å². The predicted molar refractivity (Wildman–Crippen MR) is 156 cm³/mol. The van der Waals surface area contributed by atoms with E-state index >= 15 is 0 Å². The first-order valence-corrected chi connectivity index (χ1v) is 13.4. The molecule has 3 fully saturated rings. The number of carbonyl (C=O) groups excluding carboxylic acids is 1. The van der Waals surface area contributed by atoms with Crippen molar-refractivity contribution in [1.29, 1.82) is 0 Å². The van der Waals surface area contributed by atoms with E-state index in [4.69, 9.17) is 27.7 Å². The number of nitrogens with zero attached hydrogens (tertiary/aromatic N) is 5. The monoisotopic (exact) mass is 597 g/mol. The summed E-state index contributed by atoms with van der Waals surface area (Å²) in [7, 11) is 0. The van der Waals surface area contributed by atoms with Crippen LogP contribution in [0, 0.1) is 19.0 Å². The molecule has 42 heavy (non-hydrogen) atoms. The predicted octanol–water partition coefficient (Wildman–Crippen LogP) is 6.84. The number of aliphatic hydroxyl groups is 1. The third-order valence-electron chi connectivity index (χ3n) is 6.31. The van der Waals surface area contributed by atoms with Gasteiger partial charge >= 0.3 is 0 Å². The average molecular weight is 598 g/mol. The Balaban J connectivity index is 0.000000204. The molecule has 12 heteroatoms. The van der Waals surface area contributed by atoms with Crippen molar-refractivity contribution in [3.8, 4) is 17.4 Å². The Hall–Kier alpha value is -4.32. The molecule has 1 N–H and O–H groups in total. The van der Waals surface area contributed by atoms with E-state index in [0.717, 1.165) is 50.3 Å². The van der Waals surface area contributed by atoms with Crippen LogP contribution in [0.2, 0.25) is 0 Å². The van der Waals surface area contributed by atoms with Gasteiger partial charge in [0.05, 0.1) is 18.3 Å². The summed E-state index contributed by atoms with van der Waals surface area (Å²) < 4.78 is 28.0. The second-order valence-corrected chi connectivity index (χ2v) is 9.38. The molecule has 0 aromatic carbocycles. The largest absolute Gasteiger partial charge is 0.492 e. The number of halogens is 2. The molecule has 222 valence electrons. The van der Waals surface area contributed by atoms with Gasteiger partial charge in [-0.15, -0.1) is 22.4 Å². The highest BCUT2D eigenvalue weighted by molar-refractivity contribution is 5.85. The number of ether oxygens (including phenoxy) is 3. The average Bonchev–Trinajstić information content (AvgIpc) is 2.93. The van der Waals surface area contributed by atoms with Gasteiger partial charge in [0.15, 0.2) is 0 Å². The molecule has 0 bridgehead atoms. The lowest BCUT2D eigenvalue weighted by Gasteiger charge is -2.26. The minimum Gasteiger partial charge on any atom is -0.492 e. The van der Waals surface area contributed by atoms with Crippen LogP contribution < -0.4 is 14.2 Å². The molecular weight excluding hydrogens is 565 g/mol. The van der Waals surface area contributed by atoms with Crippen LogP contribution in [0.25, 0.3) is 9.69 Å². The molecule has 0 radical (unpaired) electrons. The van der Waals surface area contributed by atoms with E-state index in [1.165, 1.54) is 31.5 Å². The van der Waals surface area contributed by atoms with Gasteiger partial charge in [-0.2, -0.15) is 0 Å². The lowest BCUT2D eigenvalue weighted by atomic mass is 9.96. The number of pyridine rings is 3. The van der Waals surface area contributed by atoms with Gasteiger partial charge in [0, 0.05) is 30.5 Å². The molecule has 6 rings (SSSR count). The maximum absolute atomic E-state index is 12.2. The maximum atomic E-state index is 12.2. The number of hydrogen-bond donors (Lipinski definition) is 1. The first kappa shape index (κ1) is 33.9. The zero-order valence-corrected chi connectivity index (χ0v) is 23.8. The quantitative estimate of drug-likeness (QED) is 0.243. The summed E-state index contributed by atoms with van der Waals surface area (Å²) in [6, 6.07) is 9.16. The van der Waals surface area contributed by atoms with Gasteiger partial charge < -0.3 is 29.0 Å². The number of aliphatic hydroxyl groups excluding tert-OH is 1. The highest BCUT2D eigenvalue weighted by atomic mass is 35.5. The first-order valence-electron chi connectivity index (χ1n) is 13.4. The van der Waals surface area contributed by atoms with E-state index in [-0.39, 0.29) is 30.2 Å². The minimum atomic E-state index is -0.420. The lowest BCUT2D eigenvalue weighted by molar-refractivity contribution is -0.120. The molecule has 0 atom stereocenters. The van der Waals surface area contributed by atoms with Crippen molar-refractivity contribution in [2.45, 2.75) is 76.1 Å². The zero-order chi connectivity index (χ0) is 29.3. The molecule has 3 aromatic heterocycles. The smallest absolute Gasteiger partial charge is 0.299 e. The third kappa shape index (κ3) is 12.5. The maximum Gasteiger partial charge on any atom is 0.299 e. The molecule has 0 aliphatic heterocycles. The van der Waals surface area contributed by atoms with Gasteiger partial charge in [-0.1, -0.05) is 13.1 Å². The molecule has 3 aliphatic carbocycles. The zero-order valence-electron chi connectivity index (χ0n) is 23.0. The highest BCUT2D eigenvalue weighted by Crippen LogP contribution is 2.27. The lowest BCUT2D eigenvalue weighted by Crippen LogP contribution is -2.24. The standard InChI is InChI=1S/C10H10N2O.C10H11NO3.C6H3FN2.C4H8O.ClH/c1-11-10-7-9(5-6-12-10)13-8-3-2-4-8;12-7-13-10-6-9(4-5-11-10)14-8-2-1-3-8;1-8-6-4-5(7)2-3-9-6;5-4-2-1-3-4;/h5-8H,2-4H2;4-8H,1-3H2;2-4H;4-5H,1-3H2;1H. The number of rotatable bonds is 6. The molecule has 3 aromatic rings. The van der Waals surface area contributed by atoms with E-state index < -0.39 is 5.82 Å². The fourth-order valence-electron chi connectivity index (χ4n) is 3.32. The van der Waals surface area contributed by atoms with Crippen LogP contribution in [0.1, 0.15) is 57.8 Å². The van der Waals surface area contributed by atoms with E-state index in [1.807, 2.05) is 0 Å². The summed E-state index contributed by atoms with van der Waals surface area (Å²) in [5.41, 5.74) is 0. The Bertz CT molecular complexity index is 1320. The fraction of sp³-hybridized carbons (Fsp3) is 0.400. The summed E-state index contributed by atoms with van der Waals surface area (Å²) in [6.07, 6.45) is 15.5. The van der Waals surface area contributed by atoms with E-state index in [1.54, 1.807) is 36.7 Å². The van der Waals surface area contributed by atoms with Crippen molar-refractivity contribution in [2.24, 2.45) is 0 Å². The molecule has 0 amide bonds. The van der Waals surface area contributed by atoms with Crippen molar-refractivity contribution in [3.05, 3.63) is 83.6 Å². The normalized spacial score (nSPS) is 15.0. The summed E-state index contributed by atoms with van der Waals surface area (Å²) in [4.78, 5) is 27.5. The van der Waals surface area contributed by atoms with E-state index in [2.05, 4.69) is 29.4 Å².